The molecule has 0 aliphatic carbocycles. The molecule has 1 unspecified atom stereocenters. The first-order chi connectivity index (χ1) is 11.6. The predicted molar refractivity (Wildman–Crippen MR) is 93.9 cm³/mol. The summed E-state index contributed by atoms with van der Waals surface area (Å²) >= 11 is 0. The van der Waals surface area contributed by atoms with Crippen molar-refractivity contribution in [3.63, 3.8) is 0 Å². The van der Waals surface area contributed by atoms with Crippen molar-refractivity contribution in [3.8, 4) is 0 Å². The smallest absolute Gasteiger partial charge is 0.292 e. The van der Waals surface area contributed by atoms with Crippen molar-refractivity contribution in [2.75, 3.05) is 36.8 Å². The number of piperazine rings is 1. The van der Waals surface area contributed by atoms with Crippen LogP contribution in [0.2, 0.25) is 0 Å². The molecule has 3 rings (SSSR count). The van der Waals surface area contributed by atoms with Gasteiger partial charge in [-0.1, -0.05) is 6.07 Å². The van der Waals surface area contributed by atoms with E-state index >= 15 is 0 Å². The van der Waals surface area contributed by atoms with Crippen LogP contribution in [0.3, 0.4) is 0 Å². The van der Waals surface area contributed by atoms with Crippen LogP contribution in [-0.4, -0.2) is 41.0 Å². The second-order valence-electron chi connectivity index (χ2n) is 5.99. The van der Waals surface area contributed by atoms with Crippen LogP contribution in [0.4, 0.5) is 17.1 Å². The average molecular weight is 327 g/mol. The molecule has 126 valence electrons. The fourth-order valence-corrected chi connectivity index (χ4v) is 3.13. The van der Waals surface area contributed by atoms with Gasteiger partial charge in [-0.2, -0.15) is 0 Å². The normalized spacial score (nSPS) is 16.8. The third-order valence-corrected chi connectivity index (χ3v) is 4.57. The molecule has 7 heteroatoms. The SMILES string of the molecule is CC(c1cccnc1)N1CCN(c2cc(N)ccc2[N+](=O)[O-])CC1. The zero-order chi connectivity index (χ0) is 17.1. The second-order valence-corrected chi connectivity index (χ2v) is 5.99. The van der Waals surface area contributed by atoms with E-state index in [9.17, 15) is 10.1 Å². The maximum Gasteiger partial charge on any atom is 0.292 e. The Morgan fingerprint density at radius 2 is 2.00 bits per heavy atom. The minimum absolute atomic E-state index is 0.109. The van der Waals surface area contributed by atoms with E-state index in [0.29, 0.717) is 11.4 Å². The fraction of sp³-hybridized carbons (Fsp3) is 0.353. The van der Waals surface area contributed by atoms with Gasteiger partial charge in [0, 0.05) is 56.4 Å². The first-order valence-corrected chi connectivity index (χ1v) is 7.99. The van der Waals surface area contributed by atoms with E-state index in [-0.39, 0.29) is 16.7 Å². The molecule has 1 aliphatic heterocycles. The third-order valence-electron chi connectivity index (χ3n) is 4.57. The number of nitro groups is 1. The molecule has 2 heterocycles. The second kappa shape index (κ2) is 6.84. The van der Waals surface area contributed by atoms with Gasteiger partial charge < -0.3 is 10.6 Å². The summed E-state index contributed by atoms with van der Waals surface area (Å²) in [5.74, 6) is 0. The van der Waals surface area contributed by atoms with Crippen LogP contribution < -0.4 is 10.6 Å². The lowest BCUT2D eigenvalue weighted by atomic mass is 10.1. The number of nitrogen functional groups attached to an aromatic ring is 1. The number of hydrogen-bond donors (Lipinski definition) is 1. The molecule has 0 saturated carbocycles. The Morgan fingerprint density at radius 1 is 1.25 bits per heavy atom. The number of aromatic nitrogens is 1. The number of nitro benzene ring substituents is 1. The number of anilines is 2. The number of nitrogens with two attached hydrogens (primary N) is 1. The van der Waals surface area contributed by atoms with Crippen LogP contribution in [0, 0.1) is 10.1 Å². The minimum atomic E-state index is -0.348. The molecular weight excluding hydrogens is 306 g/mol. The van der Waals surface area contributed by atoms with Gasteiger partial charge in [-0.05, 0) is 30.7 Å². The molecule has 0 bridgehead atoms. The first kappa shape index (κ1) is 16.2. The van der Waals surface area contributed by atoms with Gasteiger partial charge in [-0.25, -0.2) is 0 Å². The van der Waals surface area contributed by atoms with Gasteiger partial charge >= 0.3 is 0 Å². The standard InChI is InChI=1S/C17H21N5O2/c1-13(14-3-2-6-19-12-14)20-7-9-21(10-8-20)17-11-15(18)4-5-16(17)22(23)24/h2-6,11-13H,7-10,18H2,1H3. The van der Waals surface area contributed by atoms with E-state index in [1.54, 1.807) is 18.3 Å². The largest absolute Gasteiger partial charge is 0.399 e. The number of benzene rings is 1. The maximum absolute atomic E-state index is 11.3. The Morgan fingerprint density at radius 3 is 2.62 bits per heavy atom. The Bertz CT molecular complexity index is 714. The molecule has 1 saturated heterocycles. The van der Waals surface area contributed by atoms with Crippen molar-refractivity contribution >= 4 is 17.1 Å². The number of nitrogens with zero attached hydrogens (tertiary/aromatic N) is 4. The molecule has 2 N–H and O–H groups in total. The van der Waals surface area contributed by atoms with Crippen molar-refractivity contribution in [1.29, 1.82) is 0 Å². The minimum Gasteiger partial charge on any atom is -0.399 e. The van der Waals surface area contributed by atoms with Gasteiger partial charge in [0.25, 0.3) is 5.69 Å². The zero-order valence-electron chi connectivity index (χ0n) is 13.6. The molecule has 2 aromatic rings. The van der Waals surface area contributed by atoms with Crippen LogP contribution in [-0.2, 0) is 0 Å². The maximum atomic E-state index is 11.3. The number of pyridine rings is 1. The summed E-state index contributed by atoms with van der Waals surface area (Å²) < 4.78 is 0. The average Bonchev–Trinajstić information content (AvgIpc) is 2.61. The van der Waals surface area contributed by atoms with Gasteiger partial charge in [0.05, 0.1) is 4.92 Å². The van der Waals surface area contributed by atoms with Crippen LogP contribution >= 0.6 is 0 Å². The van der Waals surface area contributed by atoms with Gasteiger partial charge in [-0.15, -0.1) is 0 Å². The van der Waals surface area contributed by atoms with E-state index < -0.39 is 0 Å². The molecular formula is C17H21N5O2. The highest BCUT2D eigenvalue weighted by Gasteiger charge is 2.26. The van der Waals surface area contributed by atoms with Crippen molar-refractivity contribution in [1.82, 2.24) is 9.88 Å². The lowest BCUT2D eigenvalue weighted by molar-refractivity contribution is -0.384. The molecule has 1 aromatic carbocycles. The van der Waals surface area contributed by atoms with E-state index in [2.05, 4.69) is 22.9 Å². The van der Waals surface area contributed by atoms with Crippen molar-refractivity contribution in [2.45, 2.75) is 13.0 Å². The highest BCUT2D eigenvalue weighted by atomic mass is 16.6. The topological polar surface area (TPSA) is 88.5 Å². The first-order valence-electron chi connectivity index (χ1n) is 7.99. The van der Waals surface area contributed by atoms with Crippen LogP contribution in [0.5, 0.6) is 0 Å². The summed E-state index contributed by atoms with van der Waals surface area (Å²) in [5, 5.41) is 11.3. The van der Waals surface area contributed by atoms with Crippen molar-refractivity contribution in [2.24, 2.45) is 0 Å². The van der Waals surface area contributed by atoms with Gasteiger partial charge in [0.15, 0.2) is 0 Å². The molecule has 7 nitrogen and oxygen atoms in total. The zero-order valence-corrected chi connectivity index (χ0v) is 13.6. The summed E-state index contributed by atoms with van der Waals surface area (Å²) in [4.78, 5) is 19.5. The van der Waals surface area contributed by atoms with E-state index in [1.165, 1.54) is 11.6 Å². The highest BCUT2D eigenvalue weighted by Crippen LogP contribution is 2.32. The Kier molecular flexibility index (Phi) is 4.61. The summed E-state index contributed by atoms with van der Waals surface area (Å²) in [6.07, 6.45) is 3.66. The van der Waals surface area contributed by atoms with Crippen LogP contribution in [0.25, 0.3) is 0 Å². The lowest BCUT2D eigenvalue weighted by Gasteiger charge is -2.39. The molecule has 1 aromatic heterocycles. The fourth-order valence-electron chi connectivity index (χ4n) is 3.13. The van der Waals surface area contributed by atoms with Gasteiger partial charge in [-0.3, -0.25) is 20.0 Å². The van der Waals surface area contributed by atoms with E-state index in [0.717, 1.165) is 26.2 Å². The monoisotopic (exact) mass is 327 g/mol. The van der Waals surface area contributed by atoms with E-state index in [1.807, 2.05) is 17.2 Å². The summed E-state index contributed by atoms with van der Waals surface area (Å²) in [6, 6.07) is 9.04. The van der Waals surface area contributed by atoms with Gasteiger partial charge in [0.1, 0.15) is 5.69 Å². The molecule has 0 amide bonds. The molecule has 0 radical (unpaired) electrons. The van der Waals surface area contributed by atoms with E-state index in [4.69, 9.17) is 5.73 Å². The highest BCUT2D eigenvalue weighted by molar-refractivity contribution is 5.68. The Labute approximate surface area is 140 Å². The summed E-state index contributed by atoms with van der Waals surface area (Å²) in [7, 11) is 0. The quantitative estimate of drug-likeness (QED) is 0.527. The summed E-state index contributed by atoms with van der Waals surface area (Å²) in [5.41, 5.74) is 8.26. The molecule has 1 fully saturated rings. The molecule has 1 aliphatic rings. The van der Waals surface area contributed by atoms with Gasteiger partial charge in [0.2, 0.25) is 0 Å². The number of rotatable bonds is 4. The molecule has 1 atom stereocenters. The summed E-state index contributed by atoms with van der Waals surface area (Å²) in [6.45, 7) is 5.30. The van der Waals surface area contributed by atoms with Crippen LogP contribution in [0.15, 0.2) is 42.7 Å². The Hall–Kier alpha value is -2.67. The van der Waals surface area contributed by atoms with Crippen molar-refractivity contribution in [3.05, 3.63) is 58.4 Å². The predicted octanol–water partition coefficient (Wildman–Crippen LogP) is 2.46. The third kappa shape index (κ3) is 3.30. The van der Waals surface area contributed by atoms with Crippen LogP contribution in [0.1, 0.15) is 18.5 Å². The molecule has 24 heavy (non-hydrogen) atoms. The number of hydrogen-bond acceptors (Lipinski definition) is 6. The molecule has 0 spiro atoms. The lowest BCUT2D eigenvalue weighted by Crippen LogP contribution is -2.47. The Balaban J connectivity index is 1.72. The van der Waals surface area contributed by atoms with Crippen molar-refractivity contribution < 1.29 is 4.92 Å².